The number of amides is 2. The highest BCUT2D eigenvalue weighted by atomic mass is 35.5. The molecule has 0 aliphatic carbocycles. The van der Waals surface area contributed by atoms with Crippen LogP contribution in [0.3, 0.4) is 0 Å². The lowest BCUT2D eigenvalue weighted by molar-refractivity contribution is -0.123. The molecule has 1 aromatic heterocycles. The number of nitrogens with zero attached hydrogens (tertiary/aromatic N) is 1. The number of hydrogen-bond donors (Lipinski definition) is 0. The number of aryl methyl sites for hydroxylation is 1. The molecule has 3 heterocycles. The number of carbonyl (C=O) groups excluding carboxylic acids is 2. The number of hydrogen-bond acceptors (Lipinski definition) is 6. The van der Waals surface area contributed by atoms with Crippen LogP contribution in [0.1, 0.15) is 16.0 Å². The molecule has 1 saturated heterocycles. The summed E-state index contributed by atoms with van der Waals surface area (Å²) >= 11 is 8.73. The smallest absolute Gasteiger partial charge is 0.293 e. The van der Waals surface area contributed by atoms with E-state index in [0.29, 0.717) is 27.0 Å². The van der Waals surface area contributed by atoms with Gasteiger partial charge in [-0.3, -0.25) is 14.5 Å². The SMILES string of the molecule is Cc1ccsc1/C=C1\SC(=O)N(Cc2cc3c(cc2Cl)OCO3)C1=O. The molecule has 5 nitrogen and oxygen atoms in total. The molecule has 2 aliphatic rings. The summed E-state index contributed by atoms with van der Waals surface area (Å²) in [5, 5.41) is 2.08. The molecule has 0 spiro atoms. The Labute approximate surface area is 157 Å². The quantitative estimate of drug-likeness (QED) is 0.709. The third kappa shape index (κ3) is 3.03. The van der Waals surface area contributed by atoms with E-state index in [0.717, 1.165) is 22.2 Å². The first-order valence-electron chi connectivity index (χ1n) is 7.40. The highest BCUT2D eigenvalue weighted by Gasteiger charge is 2.35. The fourth-order valence-electron chi connectivity index (χ4n) is 2.54. The minimum Gasteiger partial charge on any atom is -0.454 e. The number of thioether (sulfide) groups is 1. The number of benzene rings is 1. The molecule has 0 saturated carbocycles. The van der Waals surface area contributed by atoms with E-state index in [1.165, 1.54) is 16.2 Å². The van der Waals surface area contributed by atoms with E-state index in [-0.39, 0.29) is 24.5 Å². The summed E-state index contributed by atoms with van der Waals surface area (Å²) in [7, 11) is 0. The third-order valence-electron chi connectivity index (χ3n) is 3.91. The normalized spacial score (nSPS) is 17.8. The lowest BCUT2D eigenvalue weighted by Crippen LogP contribution is -2.27. The largest absolute Gasteiger partial charge is 0.454 e. The van der Waals surface area contributed by atoms with Gasteiger partial charge in [-0.25, -0.2) is 0 Å². The first-order valence-corrected chi connectivity index (χ1v) is 9.48. The van der Waals surface area contributed by atoms with E-state index in [2.05, 4.69) is 0 Å². The van der Waals surface area contributed by atoms with Crippen LogP contribution in [0.25, 0.3) is 6.08 Å². The van der Waals surface area contributed by atoms with Crippen molar-refractivity contribution in [1.82, 2.24) is 4.90 Å². The monoisotopic (exact) mass is 393 g/mol. The first-order chi connectivity index (χ1) is 12.0. The predicted octanol–water partition coefficient (Wildman–Crippen LogP) is 4.68. The fraction of sp³-hybridized carbons (Fsp3) is 0.176. The van der Waals surface area contributed by atoms with Gasteiger partial charge in [-0.1, -0.05) is 11.6 Å². The molecule has 0 bridgehead atoms. The van der Waals surface area contributed by atoms with E-state index < -0.39 is 0 Å². The Morgan fingerprint density at radius 2 is 2.04 bits per heavy atom. The van der Waals surface area contributed by atoms with Crippen LogP contribution in [0.4, 0.5) is 4.79 Å². The highest BCUT2D eigenvalue weighted by Crippen LogP contribution is 2.39. The van der Waals surface area contributed by atoms with Gasteiger partial charge in [0.1, 0.15) is 0 Å². The van der Waals surface area contributed by atoms with Crippen molar-refractivity contribution in [3.63, 3.8) is 0 Å². The Hall–Kier alpha value is -1.96. The predicted molar refractivity (Wildman–Crippen MR) is 98.1 cm³/mol. The van der Waals surface area contributed by atoms with E-state index >= 15 is 0 Å². The van der Waals surface area contributed by atoms with Crippen LogP contribution in [0.15, 0.2) is 28.5 Å². The maximum atomic E-state index is 12.6. The van der Waals surface area contributed by atoms with Gasteiger partial charge in [0.15, 0.2) is 11.5 Å². The van der Waals surface area contributed by atoms with Crippen molar-refractivity contribution >= 4 is 51.9 Å². The van der Waals surface area contributed by atoms with Crippen molar-refractivity contribution in [2.24, 2.45) is 0 Å². The van der Waals surface area contributed by atoms with Crippen LogP contribution >= 0.6 is 34.7 Å². The summed E-state index contributed by atoms with van der Waals surface area (Å²) in [6.45, 7) is 2.21. The zero-order chi connectivity index (χ0) is 17.6. The van der Waals surface area contributed by atoms with Crippen molar-refractivity contribution in [3.8, 4) is 11.5 Å². The number of carbonyl (C=O) groups is 2. The first kappa shape index (κ1) is 16.5. The van der Waals surface area contributed by atoms with E-state index in [1.807, 2.05) is 18.4 Å². The zero-order valence-electron chi connectivity index (χ0n) is 13.1. The molecule has 25 heavy (non-hydrogen) atoms. The number of rotatable bonds is 3. The van der Waals surface area contributed by atoms with Gasteiger partial charge < -0.3 is 9.47 Å². The second kappa shape index (κ2) is 6.40. The topological polar surface area (TPSA) is 55.8 Å². The molecule has 2 amide bonds. The summed E-state index contributed by atoms with van der Waals surface area (Å²) in [6, 6.07) is 5.33. The average molecular weight is 394 g/mol. The number of imide groups is 1. The lowest BCUT2D eigenvalue weighted by Gasteiger charge is -2.14. The second-order valence-electron chi connectivity index (χ2n) is 5.53. The average Bonchev–Trinajstić information content (AvgIpc) is 3.25. The van der Waals surface area contributed by atoms with Gasteiger partial charge >= 0.3 is 0 Å². The summed E-state index contributed by atoms with van der Waals surface area (Å²) in [4.78, 5) is 27.5. The number of thiophene rings is 1. The second-order valence-corrected chi connectivity index (χ2v) is 7.88. The van der Waals surface area contributed by atoms with Crippen LogP contribution in [0.2, 0.25) is 5.02 Å². The lowest BCUT2D eigenvalue weighted by atomic mass is 10.2. The molecule has 2 aromatic rings. The van der Waals surface area contributed by atoms with Crippen LogP contribution < -0.4 is 9.47 Å². The zero-order valence-corrected chi connectivity index (χ0v) is 15.5. The van der Waals surface area contributed by atoms with Gasteiger partial charge in [0.2, 0.25) is 6.79 Å². The van der Waals surface area contributed by atoms with E-state index in [9.17, 15) is 9.59 Å². The molecule has 0 N–H and O–H groups in total. The molecule has 2 aliphatic heterocycles. The van der Waals surface area contributed by atoms with Crippen LogP contribution in [0.5, 0.6) is 11.5 Å². The van der Waals surface area contributed by atoms with Gasteiger partial charge in [0, 0.05) is 16.0 Å². The summed E-state index contributed by atoms with van der Waals surface area (Å²) in [6.07, 6.45) is 1.77. The Balaban J connectivity index is 1.60. The maximum absolute atomic E-state index is 12.6. The van der Waals surface area contributed by atoms with Crippen molar-refractivity contribution in [1.29, 1.82) is 0 Å². The van der Waals surface area contributed by atoms with Gasteiger partial charge in [-0.2, -0.15) is 0 Å². The molecule has 0 radical (unpaired) electrons. The standard InChI is InChI=1S/C17H12ClNO4S2/c1-9-2-3-24-14(9)6-15-16(20)19(17(21)25-15)7-10-4-12-13(5-11(10)18)23-8-22-12/h2-6H,7-8H2,1H3/b15-6-. The van der Waals surface area contributed by atoms with Crippen LogP contribution in [-0.2, 0) is 11.3 Å². The van der Waals surface area contributed by atoms with Crippen molar-refractivity contribution in [2.45, 2.75) is 13.5 Å². The Morgan fingerprint density at radius 3 is 2.76 bits per heavy atom. The van der Waals surface area contributed by atoms with Crippen molar-refractivity contribution in [2.75, 3.05) is 6.79 Å². The number of ether oxygens (including phenoxy) is 2. The maximum Gasteiger partial charge on any atom is 0.293 e. The molecular formula is C17H12ClNO4S2. The van der Waals surface area contributed by atoms with Gasteiger partial charge in [-0.15, -0.1) is 11.3 Å². The van der Waals surface area contributed by atoms with Crippen LogP contribution in [-0.4, -0.2) is 22.8 Å². The molecule has 1 fully saturated rings. The Bertz CT molecular complexity index is 921. The number of halogens is 1. The highest BCUT2D eigenvalue weighted by molar-refractivity contribution is 8.18. The third-order valence-corrected chi connectivity index (χ3v) is 6.13. The number of fused-ring (bicyclic) bond motifs is 1. The fourth-order valence-corrected chi connectivity index (χ4v) is 4.51. The Kier molecular flexibility index (Phi) is 4.23. The van der Waals surface area contributed by atoms with Crippen LogP contribution in [0, 0.1) is 6.92 Å². The van der Waals surface area contributed by atoms with E-state index in [1.54, 1.807) is 18.2 Å². The summed E-state index contributed by atoms with van der Waals surface area (Å²) in [5.41, 5.74) is 1.72. The van der Waals surface area contributed by atoms with Gasteiger partial charge in [0.25, 0.3) is 11.1 Å². The molecular weight excluding hydrogens is 382 g/mol. The van der Waals surface area contributed by atoms with E-state index in [4.69, 9.17) is 21.1 Å². The van der Waals surface area contributed by atoms with Crippen molar-refractivity contribution in [3.05, 3.63) is 49.5 Å². The molecule has 8 heteroatoms. The Morgan fingerprint density at radius 1 is 1.28 bits per heavy atom. The summed E-state index contributed by atoms with van der Waals surface area (Å²) in [5.74, 6) is 0.823. The molecule has 0 atom stereocenters. The van der Waals surface area contributed by atoms with Gasteiger partial charge in [0.05, 0.1) is 11.4 Å². The summed E-state index contributed by atoms with van der Waals surface area (Å²) < 4.78 is 10.6. The molecule has 128 valence electrons. The molecule has 1 aromatic carbocycles. The van der Waals surface area contributed by atoms with Crippen molar-refractivity contribution < 1.29 is 19.1 Å². The van der Waals surface area contributed by atoms with Gasteiger partial charge in [-0.05, 0) is 53.4 Å². The minimum absolute atomic E-state index is 0.0981. The molecule has 0 unspecified atom stereocenters. The molecule has 4 rings (SSSR count). The minimum atomic E-state index is -0.309.